The van der Waals surface area contributed by atoms with Crippen LogP contribution in [0.2, 0.25) is 10.0 Å². The number of primary amides is 1. The van der Waals surface area contributed by atoms with Crippen molar-refractivity contribution in [3.05, 3.63) is 93.0 Å². The molecule has 3 aromatic carbocycles. The van der Waals surface area contributed by atoms with Crippen molar-refractivity contribution >= 4 is 51.8 Å². The Bertz CT molecular complexity index is 1480. The minimum atomic E-state index is -1.03. The smallest absolute Gasteiger partial charge is 0.313 e. The van der Waals surface area contributed by atoms with Gasteiger partial charge in [0.15, 0.2) is 0 Å². The summed E-state index contributed by atoms with van der Waals surface area (Å²) in [5.41, 5.74) is 11.8. The van der Waals surface area contributed by atoms with Gasteiger partial charge in [-0.1, -0.05) is 47.5 Å². The summed E-state index contributed by atoms with van der Waals surface area (Å²) in [5.74, 6) is -1.10. The van der Waals surface area contributed by atoms with Gasteiger partial charge in [0, 0.05) is 35.4 Å². The van der Waals surface area contributed by atoms with E-state index in [1.165, 1.54) is 0 Å². The third kappa shape index (κ3) is 6.92. The summed E-state index contributed by atoms with van der Waals surface area (Å²) in [6, 6.07) is 19.3. The van der Waals surface area contributed by atoms with Gasteiger partial charge < -0.3 is 15.8 Å². The summed E-state index contributed by atoms with van der Waals surface area (Å²) in [6.45, 7) is 2.18. The van der Waals surface area contributed by atoms with E-state index in [1.807, 2.05) is 36.4 Å². The number of alkyl halides is 1. The van der Waals surface area contributed by atoms with Crippen molar-refractivity contribution in [1.82, 2.24) is 4.90 Å². The molecule has 0 saturated carbocycles. The number of likely N-dealkylation sites (tertiary alicyclic amines) is 1. The molecule has 214 valence electrons. The van der Waals surface area contributed by atoms with Crippen molar-refractivity contribution in [2.75, 3.05) is 31.6 Å². The fourth-order valence-corrected chi connectivity index (χ4v) is 6.19. The molecule has 3 aromatic rings. The largest absolute Gasteiger partial charge is 0.489 e. The van der Waals surface area contributed by atoms with Gasteiger partial charge in [0.25, 0.3) is 0 Å². The van der Waals surface area contributed by atoms with Gasteiger partial charge in [-0.15, -0.1) is 0 Å². The maximum atomic E-state index is 12.6. The number of fused-ring (bicyclic) bond motifs is 1. The fraction of sp³-hybridized carbons (Fsp3) is 0.312. The molecule has 9 heteroatoms. The van der Waals surface area contributed by atoms with Crippen LogP contribution < -0.4 is 15.8 Å². The molecule has 2 amide bonds. The van der Waals surface area contributed by atoms with E-state index in [9.17, 15) is 14.0 Å². The van der Waals surface area contributed by atoms with Crippen LogP contribution in [0.3, 0.4) is 0 Å². The van der Waals surface area contributed by atoms with Gasteiger partial charge in [0.1, 0.15) is 11.9 Å². The Kier molecular flexibility index (Phi) is 9.28. The minimum Gasteiger partial charge on any atom is -0.489 e. The van der Waals surface area contributed by atoms with Crippen molar-refractivity contribution in [3.8, 4) is 5.75 Å². The molecule has 0 unspecified atom stereocenters. The topological polar surface area (TPSA) is 84.7 Å². The number of halogens is 3. The average molecular weight is 597 g/mol. The van der Waals surface area contributed by atoms with Gasteiger partial charge in [0.05, 0.1) is 6.67 Å². The minimum absolute atomic E-state index is 0.0794. The third-order valence-electron chi connectivity index (χ3n) is 7.57. The molecule has 3 N–H and O–H groups in total. The molecule has 1 heterocycles. The predicted molar refractivity (Wildman–Crippen MR) is 162 cm³/mol. The van der Waals surface area contributed by atoms with Crippen molar-refractivity contribution in [2.24, 2.45) is 5.73 Å². The second-order valence-electron chi connectivity index (χ2n) is 10.4. The van der Waals surface area contributed by atoms with Gasteiger partial charge in [0.2, 0.25) is 0 Å². The molecule has 2 aliphatic rings. The number of amides is 2. The molecule has 0 radical (unpaired) electrons. The summed E-state index contributed by atoms with van der Waals surface area (Å²) in [6.07, 6.45) is 3.96. The maximum Gasteiger partial charge on any atom is 0.313 e. The summed E-state index contributed by atoms with van der Waals surface area (Å²) >= 11 is 12.9. The van der Waals surface area contributed by atoms with Crippen LogP contribution in [0.15, 0.2) is 60.7 Å². The normalized spacial score (nSPS) is 17.2. The molecule has 1 atom stereocenters. The number of ether oxygens (including phenoxy) is 1. The molecule has 0 bridgehead atoms. The van der Waals surface area contributed by atoms with E-state index in [1.54, 1.807) is 12.1 Å². The van der Waals surface area contributed by atoms with E-state index in [2.05, 4.69) is 22.3 Å². The molecule has 1 fully saturated rings. The van der Waals surface area contributed by atoms with Crippen LogP contribution in [0.5, 0.6) is 5.75 Å². The zero-order valence-corrected chi connectivity index (χ0v) is 24.1. The Labute approximate surface area is 249 Å². The number of hydrogen-bond donors (Lipinski definition) is 2. The lowest BCUT2D eigenvalue weighted by Crippen LogP contribution is -2.29. The standard InChI is InChI=1S/C32H32Cl2FN3O3/c33-22-7-11-27(29(34)18-22)28-4-1-3-21-17-23(37-32(40)31(36)39)8-12-26(21)30(28)20-5-9-24(10-6-20)41-25-13-16-38(19-25)15-2-14-35/h5-12,17-18,25H,1-4,13-16,19H2,(H2,36,39)(H,37,40)/t25-/m0/s1. The van der Waals surface area contributed by atoms with E-state index in [-0.39, 0.29) is 12.8 Å². The Balaban J connectivity index is 1.50. The first-order valence-electron chi connectivity index (χ1n) is 13.8. The zero-order chi connectivity index (χ0) is 28.9. The number of hydrogen-bond acceptors (Lipinski definition) is 4. The van der Waals surface area contributed by atoms with Gasteiger partial charge in [-0.05, 0) is 102 Å². The summed E-state index contributed by atoms with van der Waals surface area (Å²) < 4.78 is 18.8. The first-order valence-corrected chi connectivity index (χ1v) is 14.6. The van der Waals surface area contributed by atoms with E-state index in [4.69, 9.17) is 33.7 Å². The molecule has 1 aliphatic carbocycles. The number of anilines is 1. The van der Waals surface area contributed by atoms with Gasteiger partial charge in [-0.2, -0.15) is 0 Å². The summed E-state index contributed by atoms with van der Waals surface area (Å²) in [7, 11) is 0. The SMILES string of the molecule is NC(=O)C(=O)Nc1ccc2c(c1)CCCC(c1ccc(Cl)cc1Cl)=C2c1ccc(O[C@H]2CCN(CCCF)C2)cc1. The first-order chi connectivity index (χ1) is 19.8. The molecular weight excluding hydrogens is 564 g/mol. The van der Waals surface area contributed by atoms with Crippen LogP contribution in [0, 0.1) is 0 Å². The highest BCUT2D eigenvalue weighted by atomic mass is 35.5. The van der Waals surface area contributed by atoms with Crippen LogP contribution in [-0.2, 0) is 16.0 Å². The second-order valence-corrected chi connectivity index (χ2v) is 11.3. The maximum absolute atomic E-state index is 12.6. The fourth-order valence-electron chi connectivity index (χ4n) is 5.66. The number of nitrogens with two attached hydrogens (primary N) is 1. The summed E-state index contributed by atoms with van der Waals surface area (Å²) in [4.78, 5) is 25.4. The second kappa shape index (κ2) is 13.1. The Morgan fingerprint density at radius 3 is 2.54 bits per heavy atom. The van der Waals surface area contributed by atoms with E-state index < -0.39 is 11.8 Å². The van der Waals surface area contributed by atoms with Crippen LogP contribution in [-0.4, -0.2) is 49.1 Å². The van der Waals surface area contributed by atoms with Crippen LogP contribution in [0.1, 0.15) is 47.9 Å². The Hall–Kier alpha value is -3.39. The lowest BCUT2D eigenvalue weighted by molar-refractivity contribution is -0.134. The summed E-state index contributed by atoms with van der Waals surface area (Å²) in [5, 5.41) is 3.73. The van der Waals surface area contributed by atoms with Crippen molar-refractivity contribution in [3.63, 3.8) is 0 Å². The monoisotopic (exact) mass is 595 g/mol. The molecule has 5 rings (SSSR count). The predicted octanol–water partition coefficient (Wildman–Crippen LogP) is 6.53. The first kappa shape index (κ1) is 29.1. The van der Waals surface area contributed by atoms with E-state index >= 15 is 0 Å². The van der Waals surface area contributed by atoms with Gasteiger partial charge in [-0.25, -0.2) is 0 Å². The van der Waals surface area contributed by atoms with Crippen LogP contribution in [0.25, 0.3) is 11.1 Å². The molecule has 41 heavy (non-hydrogen) atoms. The molecule has 1 aliphatic heterocycles. The Morgan fingerprint density at radius 2 is 1.80 bits per heavy atom. The average Bonchev–Trinajstić information content (AvgIpc) is 3.31. The third-order valence-corrected chi connectivity index (χ3v) is 8.12. The van der Waals surface area contributed by atoms with Crippen LogP contribution >= 0.6 is 23.2 Å². The lowest BCUT2D eigenvalue weighted by atomic mass is 9.87. The highest BCUT2D eigenvalue weighted by Gasteiger charge is 2.25. The number of nitrogens with zero attached hydrogens (tertiary/aromatic N) is 1. The highest BCUT2D eigenvalue weighted by Crippen LogP contribution is 2.43. The van der Waals surface area contributed by atoms with Gasteiger partial charge >= 0.3 is 11.8 Å². The number of carbonyl (C=O) groups is 2. The van der Waals surface area contributed by atoms with Gasteiger partial charge in [-0.3, -0.25) is 18.9 Å². The van der Waals surface area contributed by atoms with Crippen LogP contribution in [0.4, 0.5) is 10.1 Å². The quantitative estimate of drug-likeness (QED) is 0.290. The number of benzene rings is 3. The highest BCUT2D eigenvalue weighted by molar-refractivity contribution is 6.39. The Morgan fingerprint density at radius 1 is 1.02 bits per heavy atom. The number of allylic oxidation sites excluding steroid dienone is 1. The number of nitrogens with one attached hydrogen (secondary N) is 1. The molecule has 6 nitrogen and oxygen atoms in total. The van der Waals surface area contributed by atoms with Crippen molar-refractivity contribution in [1.29, 1.82) is 0 Å². The zero-order valence-electron chi connectivity index (χ0n) is 22.6. The lowest BCUT2D eigenvalue weighted by Gasteiger charge is -2.19. The molecule has 1 saturated heterocycles. The molecule has 0 aromatic heterocycles. The number of aryl methyl sites for hydroxylation is 1. The van der Waals surface area contributed by atoms with E-state index in [0.717, 1.165) is 84.5 Å². The van der Waals surface area contributed by atoms with Crippen molar-refractivity contribution < 1.29 is 18.7 Å². The van der Waals surface area contributed by atoms with E-state index in [0.29, 0.717) is 22.2 Å². The number of rotatable bonds is 8. The molecular formula is C32H32Cl2FN3O3. The molecule has 0 spiro atoms. The van der Waals surface area contributed by atoms with Crippen molar-refractivity contribution in [2.45, 2.75) is 38.2 Å². The number of carbonyl (C=O) groups excluding carboxylic acids is 2.